The van der Waals surface area contributed by atoms with Crippen molar-refractivity contribution in [2.75, 3.05) is 34.4 Å². The Labute approximate surface area is 188 Å². The number of nitrogens with one attached hydrogen (secondary N) is 2. The number of hydrogen-bond acceptors (Lipinski definition) is 5. The Morgan fingerprint density at radius 2 is 1.72 bits per heavy atom. The van der Waals surface area contributed by atoms with Gasteiger partial charge in [0.1, 0.15) is 11.5 Å². The average molecular weight is 439 g/mol. The molecule has 170 valence electrons. The van der Waals surface area contributed by atoms with E-state index in [2.05, 4.69) is 15.6 Å². The van der Waals surface area contributed by atoms with Gasteiger partial charge in [0, 0.05) is 25.7 Å². The maximum atomic E-state index is 12.4. The van der Waals surface area contributed by atoms with Crippen LogP contribution in [-0.4, -0.2) is 57.0 Å². The predicted octanol–water partition coefficient (Wildman–Crippen LogP) is 3.01. The number of methoxy groups -OCH3 is 2. The van der Waals surface area contributed by atoms with Crippen LogP contribution in [0.1, 0.15) is 52.1 Å². The van der Waals surface area contributed by atoms with E-state index in [1.165, 1.54) is 4.90 Å². The normalized spacial score (nSPS) is 14.2. The van der Waals surface area contributed by atoms with Gasteiger partial charge in [0.25, 0.3) is 11.8 Å². The number of nitrogens with zero attached hydrogens (tertiary/aromatic N) is 2. The molecule has 2 aromatic carbocycles. The van der Waals surface area contributed by atoms with Gasteiger partial charge >= 0.3 is 0 Å². The number of guanidine groups is 1. The molecular weight excluding hydrogens is 408 g/mol. The Balaban J connectivity index is 1.47. The lowest BCUT2D eigenvalue weighted by Gasteiger charge is -2.21. The molecule has 2 aromatic rings. The highest BCUT2D eigenvalue weighted by atomic mass is 16.5. The SMILES string of the molecule is CN=C(NCCCCN1C(=O)c2ccccc2C1=O)NC(C)c1cc(OC)ccc1OC. The number of imide groups is 1. The van der Waals surface area contributed by atoms with Gasteiger partial charge in [-0.2, -0.15) is 0 Å². The molecule has 0 saturated carbocycles. The van der Waals surface area contributed by atoms with E-state index in [-0.39, 0.29) is 17.9 Å². The number of hydrogen-bond donors (Lipinski definition) is 2. The number of benzene rings is 2. The molecule has 2 N–H and O–H groups in total. The molecule has 8 nitrogen and oxygen atoms in total. The van der Waals surface area contributed by atoms with Crippen molar-refractivity contribution in [2.45, 2.75) is 25.8 Å². The molecule has 1 heterocycles. The first-order chi connectivity index (χ1) is 15.5. The minimum atomic E-state index is -0.211. The largest absolute Gasteiger partial charge is 0.497 e. The summed E-state index contributed by atoms with van der Waals surface area (Å²) in [5.41, 5.74) is 1.93. The van der Waals surface area contributed by atoms with Crippen molar-refractivity contribution in [3.05, 3.63) is 59.2 Å². The maximum Gasteiger partial charge on any atom is 0.261 e. The van der Waals surface area contributed by atoms with Crippen LogP contribution in [0.15, 0.2) is 47.5 Å². The van der Waals surface area contributed by atoms with E-state index in [0.717, 1.165) is 23.5 Å². The summed E-state index contributed by atoms with van der Waals surface area (Å²) in [5.74, 6) is 1.75. The van der Waals surface area contributed by atoms with Crippen molar-refractivity contribution in [3.8, 4) is 11.5 Å². The molecule has 0 spiro atoms. The van der Waals surface area contributed by atoms with Crippen LogP contribution in [0.3, 0.4) is 0 Å². The first kappa shape index (κ1) is 23.1. The molecule has 8 heteroatoms. The molecule has 1 aliphatic rings. The van der Waals surface area contributed by atoms with Gasteiger partial charge in [-0.3, -0.25) is 19.5 Å². The second-order valence-corrected chi connectivity index (χ2v) is 7.49. The lowest BCUT2D eigenvalue weighted by Crippen LogP contribution is -2.39. The van der Waals surface area contributed by atoms with Crippen molar-refractivity contribution in [3.63, 3.8) is 0 Å². The molecule has 2 amide bonds. The maximum absolute atomic E-state index is 12.4. The summed E-state index contributed by atoms with van der Waals surface area (Å²) < 4.78 is 10.8. The van der Waals surface area contributed by atoms with E-state index < -0.39 is 0 Å². The smallest absolute Gasteiger partial charge is 0.261 e. The number of rotatable bonds is 9. The summed E-state index contributed by atoms with van der Waals surface area (Å²) in [6, 6.07) is 12.6. The summed E-state index contributed by atoms with van der Waals surface area (Å²) in [4.78, 5) is 30.5. The Hall–Kier alpha value is -3.55. The van der Waals surface area contributed by atoms with Crippen LogP contribution in [-0.2, 0) is 0 Å². The lowest BCUT2D eigenvalue weighted by atomic mass is 10.1. The molecule has 0 bridgehead atoms. The number of carbonyl (C=O) groups excluding carboxylic acids is 2. The third-order valence-electron chi connectivity index (χ3n) is 5.46. The topological polar surface area (TPSA) is 92.3 Å². The van der Waals surface area contributed by atoms with E-state index in [1.54, 1.807) is 45.5 Å². The zero-order valence-electron chi connectivity index (χ0n) is 19.0. The summed E-state index contributed by atoms with van der Waals surface area (Å²) in [5, 5.41) is 6.63. The van der Waals surface area contributed by atoms with Crippen LogP contribution < -0.4 is 20.1 Å². The summed E-state index contributed by atoms with van der Waals surface area (Å²) in [7, 11) is 4.98. The van der Waals surface area contributed by atoms with Gasteiger partial charge in [0.05, 0.1) is 31.4 Å². The molecule has 0 fully saturated rings. The molecule has 0 aromatic heterocycles. The van der Waals surface area contributed by atoms with Crippen molar-refractivity contribution in [1.29, 1.82) is 0 Å². The minimum absolute atomic E-state index is 0.0652. The van der Waals surface area contributed by atoms with Gasteiger partial charge in [-0.05, 0) is 50.1 Å². The van der Waals surface area contributed by atoms with E-state index in [4.69, 9.17) is 9.47 Å². The zero-order chi connectivity index (χ0) is 23.1. The highest BCUT2D eigenvalue weighted by Crippen LogP contribution is 2.29. The molecule has 1 atom stereocenters. The molecule has 0 saturated heterocycles. The van der Waals surface area contributed by atoms with Crippen molar-refractivity contribution in [1.82, 2.24) is 15.5 Å². The van der Waals surface area contributed by atoms with Crippen LogP contribution >= 0.6 is 0 Å². The van der Waals surface area contributed by atoms with Crippen LogP contribution in [0.25, 0.3) is 0 Å². The van der Waals surface area contributed by atoms with E-state index in [9.17, 15) is 9.59 Å². The lowest BCUT2D eigenvalue weighted by molar-refractivity contribution is 0.0652. The van der Waals surface area contributed by atoms with Gasteiger partial charge in [0.2, 0.25) is 0 Å². The second kappa shape index (κ2) is 10.7. The fraction of sp³-hybridized carbons (Fsp3) is 0.375. The summed E-state index contributed by atoms with van der Waals surface area (Å²) in [6.07, 6.45) is 1.49. The number of carbonyl (C=O) groups is 2. The second-order valence-electron chi connectivity index (χ2n) is 7.49. The van der Waals surface area contributed by atoms with Gasteiger partial charge in [-0.25, -0.2) is 0 Å². The fourth-order valence-electron chi connectivity index (χ4n) is 3.70. The number of ether oxygens (including phenoxy) is 2. The van der Waals surface area contributed by atoms with Crippen LogP contribution in [0.4, 0.5) is 0 Å². The number of fused-ring (bicyclic) bond motifs is 1. The molecule has 32 heavy (non-hydrogen) atoms. The minimum Gasteiger partial charge on any atom is -0.497 e. The quantitative estimate of drug-likeness (QED) is 0.271. The highest BCUT2D eigenvalue weighted by Gasteiger charge is 2.34. The van der Waals surface area contributed by atoms with E-state index in [1.807, 2.05) is 25.1 Å². The first-order valence-corrected chi connectivity index (χ1v) is 10.6. The molecule has 0 radical (unpaired) electrons. The third kappa shape index (κ3) is 5.01. The molecule has 0 aliphatic carbocycles. The van der Waals surface area contributed by atoms with Crippen LogP contribution in [0, 0.1) is 0 Å². The van der Waals surface area contributed by atoms with E-state index >= 15 is 0 Å². The number of aliphatic imine (C=N–C) groups is 1. The van der Waals surface area contributed by atoms with Gasteiger partial charge in [-0.15, -0.1) is 0 Å². The Morgan fingerprint density at radius 1 is 1.03 bits per heavy atom. The molecule has 1 aliphatic heterocycles. The molecule has 3 rings (SSSR count). The van der Waals surface area contributed by atoms with Gasteiger partial charge in [-0.1, -0.05) is 12.1 Å². The fourth-order valence-corrected chi connectivity index (χ4v) is 3.70. The Bertz CT molecular complexity index is 970. The standard InChI is InChI=1S/C24H30N4O4/c1-16(20-15-17(31-3)11-12-21(20)32-4)27-24(25-2)26-13-7-8-14-28-22(29)18-9-5-6-10-19(18)23(28)30/h5-6,9-12,15-16H,7-8,13-14H2,1-4H3,(H2,25,26,27). The Morgan fingerprint density at radius 3 is 2.31 bits per heavy atom. The van der Waals surface area contributed by atoms with Gasteiger partial charge in [0.15, 0.2) is 5.96 Å². The number of unbranched alkanes of at least 4 members (excludes halogenated alkanes) is 1. The highest BCUT2D eigenvalue weighted by molar-refractivity contribution is 6.21. The van der Waals surface area contributed by atoms with Crippen LogP contribution in [0.5, 0.6) is 11.5 Å². The van der Waals surface area contributed by atoms with Crippen molar-refractivity contribution < 1.29 is 19.1 Å². The summed E-state index contributed by atoms with van der Waals surface area (Å²) >= 11 is 0. The Kier molecular flexibility index (Phi) is 7.70. The first-order valence-electron chi connectivity index (χ1n) is 10.6. The third-order valence-corrected chi connectivity index (χ3v) is 5.46. The van der Waals surface area contributed by atoms with Gasteiger partial charge < -0.3 is 20.1 Å². The molecule has 1 unspecified atom stereocenters. The summed E-state index contributed by atoms with van der Waals surface area (Å²) in [6.45, 7) is 3.08. The predicted molar refractivity (Wildman–Crippen MR) is 124 cm³/mol. The number of amides is 2. The monoisotopic (exact) mass is 438 g/mol. The molecular formula is C24H30N4O4. The van der Waals surface area contributed by atoms with Crippen molar-refractivity contribution >= 4 is 17.8 Å². The van der Waals surface area contributed by atoms with Crippen LogP contribution in [0.2, 0.25) is 0 Å². The van der Waals surface area contributed by atoms with E-state index in [0.29, 0.717) is 36.6 Å². The van der Waals surface area contributed by atoms with Crippen molar-refractivity contribution in [2.24, 2.45) is 4.99 Å². The average Bonchev–Trinajstić information content (AvgIpc) is 3.07. The zero-order valence-corrected chi connectivity index (χ0v) is 19.0.